The van der Waals surface area contributed by atoms with Gasteiger partial charge in [0, 0.05) is 12.2 Å². The second-order valence-corrected chi connectivity index (χ2v) is 6.67. The highest BCUT2D eigenvalue weighted by atomic mass is 32.2. The van der Waals surface area contributed by atoms with E-state index in [-0.39, 0.29) is 5.41 Å². The van der Waals surface area contributed by atoms with Gasteiger partial charge in [0.25, 0.3) is 0 Å². The minimum atomic E-state index is 0.210. The van der Waals surface area contributed by atoms with Crippen molar-refractivity contribution >= 4 is 17.4 Å². The zero-order valence-electron chi connectivity index (χ0n) is 11.5. The van der Waals surface area contributed by atoms with E-state index in [0.717, 1.165) is 6.54 Å². The molecule has 1 nitrogen and oxygen atoms in total. The summed E-state index contributed by atoms with van der Waals surface area (Å²) in [5.74, 6) is 2.47. The summed E-state index contributed by atoms with van der Waals surface area (Å²) >= 11 is 2.01. The van der Waals surface area contributed by atoms with E-state index in [9.17, 15) is 0 Å². The second kappa shape index (κ2) is 6.95. The van der Waals surface area contributed by atoms with Crippen molar-refractivity contribution < 1.29 is 0 Å². The molecule has 0 spiro atoms. The molecule has 2 heteroatoms. The Kier molecular flexibility index (Phi) is 5.90. The Labute approximate surface area is 110 Å². The average molecular weight is 251 g/mol. The molecule has 96 valence electrons. The van der Waals surface area contributed by atoms with Crippen LogP contribution in [0.2, 0.25) is 0 Å². The van der Waals surface area contributed by atoms with Crippen LogP contribution >= 0.6 is 11.8 Å². The Balaban J connectivity index is 2.53. The summed E-state index contributed by atoms with van der Waals surface area (Å²) in [6.07, 6.45) is 1.23. The molecule has 17 heavy (non-hydrogen) atoms. The van der Waals surface area contributed by atoms with Crippen LogP contribution < -0.4 is 5.32 Å². The van der Waals surface area contributed by atoms with E-state index < -0.39 is 0 Å². The third-order valence-electron chi connectivity index (χ3n) is 2.72. The number of benzene rings is 1. The van der Waals surface area contributed by atoms with E-state index in [1.54, 1.807) is 0 Å². The lowest BCUT2D eigenvalue weighted by molar-refractivity contribution is 0.591. The third kappa shape index (κ3) is 5.03. The highest BCUT2D eigenvalue weighted by molar-refractivity contribution is 7.99. The van der Waals surface area contributed by atoms with Crippen LogP contribution in [0.5, 0.6) is 0 Å². The van der Waals surface area contributed by atoms with E-state index in [1.807, 2.05) is 11.8 Å². The lowest BCUT2D eigenvalue weighted by Gasteiger charge is -2.23. The molecule has 0 radical (unpaired) electrons. The van der Waals surface area contributed by atoms with Crippen LogP contribution in [0.25, 0.3) is 0 Å². The van der Waals surface area contributed by atoms with Crippen LogP contribution in [0.3, 0.4) is 0 Å². The van der Waals surface area contributed by atoms with Crippen LogP contribution in [-0.4, -0.2) is 18.1 Å². The molecule has 1 rings (SSSR count). The summed E-state index contributed by atoms with van der Waals surface area (Å²) in [5, 5.41) is 3.57. The van der Waals surface area contributed by atoms with Gasteiger partial charge < -0.3 is 5.32 Å². The maximum absolute atomic E-state index is 3.57. The van der Waals surface area contributed by atoms with Crippen LogP contribution in [0.1, 0.15) is 39.7 Å². The number of rotatable bonds is 6. The standard InChI is InChI=1S/C15H25NS/c1-5-17-12-8-11-16-14-10-7-6-9-13(14)15(2,3)4/h6-7,9-10,16H,5,8,11-12H2,1-4H3. The Morgan fingerprint density at radius 2 is 1.88 bits per heavy atom. The molecule has 0 aliphatic heterocycles. The van der Waals surface area contributed by atoms with Gasteiger partial charge in [0.05, 0.1) is 0 Å². The highest BCUT2D eigenvalue weighted by Crippen LogP contribution is 2.29. The summed E-state index contributed by atoms with van der Waals surface area (Å²) in [6.45, 7) is 10.1. The summed E-state index contributed by atoms with van der Waals surface area (Å²) < 4.78 is 0. The van der Waals surface area contributed by atoms with Crippen LogP contribution in [0, 0.1) is 0 Å². The molecule has 0 aliphatic carbocycles. The SMILES string of the molecule is CCSCCCNc1ccccc1C(C)(C)C. The van der Waals surface area contributed by atoms with E-state index >= 15 is 0 Å². The predicted molar refractivity (Wildman–Crippen MR) is 81.2 cm³/mol. The minimum absolute atomic E-state index is 0.210. The molecule has 0 saturated carbocycles. The maximum atomic E-state index is 3.57. The zero-order chi connectivity index (χ0) is 12.7. The number of para-hydroxylation sites is 1. The smallest absolute Gasteiger partial charge is 0.0378 e. The van der Waals surface area contributed by atoms with Crippen molar-refractivity contribution in [2.24, 2.45) is 0 Å². The zero-order valence-corrected chi connectivity index (χ0v) is 12.4. The van der Waals surface area contributed by atoms with Gasteiger partial charge >= 0.3 is 0 Å². The first-order chi connectivity index (χ1) is 8.05. The Morgan fingerprint density at radius 1 is 1.18 bits per heavy atom. The fourth-order valence-corrected chi connectivity index (χ4v) is 2.47. The van der Waals surface area contributed by atoms with Gasteiger partial charge in [-0.15, -0.1) is 0 Å². The first-order valence-corrected chi connectivity index (χ1v) is 7.62. The molecule has 0 aliphatic rings. The molecule has 1 aromatic rings. The van der Waals surface area contributed by atoms with Crippen molar-refractivity contribution in [3.8, 4) is 0 Å². The Bertz CT molecular complexity index is 328. The molecule has 0 heterocycles. The summed E-state index contributed by atoms with van der Waals surface area (Å²) in [7, 11) is 0. The van der Waals surface area contributed by atoms with E-state index in [0.29, 0.717) is 0 Å². The number of anilines is 1. The first kappa shape index (κ1) is 14.4. The largest absolute Gasteiger partial charge is 0.385 e. The number of hydrogen-bond donors (Lipinski definition) is 1. The van der Waals surface area contributed by atoms with Crippen molar-refractivity contribution in [3.63, 3.8) is 0 Å². The van der Waals surface area contributed by atoms with Gasteiger partial charge in [-0.05, 0) is 35.0 Å². The predicted octanol–water partition coefficient (Wildman–Crippen LogP) is 4.54. The number of thioether (sulfide) groups is 1. The second-order valence-electron chi connectivity index (χ2n) is 5.27. The van der Waals surface area contributed by atoms with Crippen molar-refractivity contribution in [2.75, 3.05) is 23.4 Å². The minimum Gasteiger partial charge on any atom is -0.385 e. The molecule has 0 bridgehead atoms. The summed E-state index contributed by atoms with van der Waals surface area (Å²) in [5.41, 5.74) is 2.91. The van der Waals surface area contributed by atoms with Crippen molar-refractivity contribution in [1.82, 2.24) is 0 Å². The molecule has 0 saturated heterocycles. The maximum Gasteiger partial charge on any atom is 0.0378 e. The Hall–Kier alpha value is -0.630. The molecular weight excluding hydrogens is 226 g/mol. The quantitative estimate of drug-likeness (QED) is 0.745. The van der Waals surface area contributed by atoms with Gasteiger partial charge in [0.15, 0.2) is 0 Å². The third-order valence-corrected chi connectivity index (χ3v) is 3.71. The number of hydrogen-bond acceptors (Lipinski definition) is 2. The summed E-state index contributed by atoms with van der Waals surface area (Å²) in [4.78, 5) is 0. The average Bonchev–Trinajstić information content (AvgIpc) is 2.28. The monoisotopic (exact) mass is 251 g/mol. The van der Waals surface area contributed by atoms with E-state index in [2.05, 4.69) is 57.3 Å². The van der Waals surface area contributed by atoms with Crippen LogP contribution in [-0.2, 0) is 5.41 Å². The topological polar surface area (TPSA) is 12.0 Å². The summed E-state index contributed by atoms with van der Waals surface area (Å²) in [6, 6.07) is 8.65. The molecule has 0 aromatic heterocycles. The molecule has 0 amide bonds. The molecule has 0 atom stereocenters. The fourth-order valence-electron chi connectivity index (χ4n) is 1.83. The molecule has 0 unspecified atom stereocenters. The molecule has 1 N–H and O–H groups in total. The van der Waals surface area contributed by atoms with Crippen molar-refractivity contribution in [3.05, 3.63) is 29.8 Å². The van der Waals surface area contributed by atoms with Gasteiger partial charge in [0.1, 0.15) is 0 Å². The molecular formula is C15H25NS. The number of nitrogens with one attached hydrogen (secondary N) is 1. The van der Waals surface area contributed by atoms with E-state index in [4.69, 9.17) is 0 Å². The normalized spacial score (nSPS) is 11.5. The lowest BCUT2D eigenvalue weighted by atomic mass is 9.86. The Morgan fingerprint density at radius 3 is 2.53 bits per heavy atom. The molecule has 0 fully saturated rings. The van der Waals surface area contributed by atoms with E-state index in [1.165, 1.54) is 29.2 Å². The van der Waals surface area contributed by atoms with Gasteiger partial charge in [-0.1, -0.05) is 45.9 Å². The lowest BCUT2D eigenvalue weighted by Crippen LogP contribution is -2.15. The van der Waals surface area contributed by atoms with Gasteiger partial charge in [-0.3, -0.25) is 0 Å². The first-order valence-electron chi connectivity index (χ1n) is 6.47. The van der Waals surface area contributed by atoms with Gasteiger partial charge in [-0.25, -0.2) is 0 Å². The van der Waals surface area contributed by atoms with Gasteiger partial charge in [-0.2, -0.15) is 11.8 Å². The fraction of sp³-hybridized carbons (Fsp3) is 0.600. The van der Waals surface area contributed by atoms with Crippen LogP contribution in [0.4, 0.5) is 5.69 Å². The van der Waals surface area contributed by atoms with Crippen LogP contribution in [0.15, 0.2) is 24.3 Å². The van der Waals surface area contributed by atoms with Gasteiger partial charge in [0.2, 0.25) is 0 Å². The highest BCUT2D eigenvalue weighted by Gasteiger charge is 2.16. The molecule has 1 aromatic carbocycles. The van der Waals surface area contributed by atoms with Crippen molar-refractivity contribution in [2.45, 2.75) is 39.5 Å². The van der Waals surface area contributed by atoms with Crippen molar-refractivity contribution in [1.29, 1.82) is 0 Å².